The summed E-state index contributed by atoms with van der Waals surface area (Å²) in [4.78, 5) is 14.7. The zero-order chi connectivity index (χ0) is 17.6. The molecule has 0 fully saturated rings. The number of nitrogens with zero attached hydrogens (tertiary/aromatic N) is 1. The first-order valence-electron chi connectivity index (χ1n) is 7.90. The van der Waals surface area contributed by atoms with Crippen LogP contribution < -0.4 is 4.74 Å². The standard InChI is InChI=1S/C20H19NO4/c1-24-18-11-5-10-17(19(18)22)20(23)21(14-16-9-6-12-25-16)13-15-7-3-2-4-8-15/h2-12,22H,13-14H2,1H3. The fourth-order valence-corrected chi connectivity index (χ4v) is 2.62. The number of furan rings is 1. The average molecular weight is 337 g/mol. The van der Waals surface area contributed by atoms with E-state index in [0.717, 1.165) is 5.56 Å². The summed E-state index contributed by atoms with van der Waals surface area (Å²) in [7, 11) is 1.45. The maximum atomic E-state index is 13.0. The third-order valence-electron chi connectivity index (χ3n) is 3.88. The molecular formula is C20H19NO4. The van der Waals surface area contributed by atoms with Crippen molar-refractivity contribution in [2.75, 3.05) is 7.11 Å². The molecule has 0 aliphatic heterocycles. The second kappa shape index (κ2) is 7.57. The van der Waals surface area contributed by atoms with E-state index >= 15 is 0 Å². The van der Waals surface area contributed by atoms with Crippen LogP contribution >= 0.6 is 0 Å². The molecule has 0 aliphatic carbocycles. The molecule has 0 unspecified atom stereocenters. The van der Waals surface area contributed by atoms with Crippen molar-refractivity contribution in [2.45, 2.75) is 13.1 Å². The number of carbonyl (C=O) groups is 1. The van der Waals surface area contributed by atoms with Gasteiger partial charge in [-0.25, -0.2) is 0 Å². The summed E-state index contributed by atoms with van der Waals surface area (Å²) in [6, 6.07) is 18.2. The highest BCUT2D eigenvalue weighted by Gasteiger charge is 2.22. The van der Waals surface area contributed by atoms with Crippen molar-refractivity contribution in [3.63, 3.8) is 0 Å². The molecule has 0 spiro atoms. The second-order valence-corrected chi connectivity index (χ2v) is 5.58. The van der Waals surface area contributed by atoms with Crippen LogP contribution in [0.5, 0.6) is 11.5 Å². The van der Waals surface area contributed by atoms with Crippen molar-refractivity contribution in [1.29, 1.82) is 0 Å². The van der Waals surface area contributed by atoms with Gasteiger partial charge in [0.25, 0.3) is 5.91 Å². The topological polar surface area (TPSA) is 62.9 Å². The Kier molecular flexibility index (Phi) is 5.04. The van der Waals surface area contributed by atoms with Crippen LogP contribution in [-0.2, 0) is 13.1 Å². The molecule has 0 radical (unpaired) electrons. The van der Waals surface area contributed by atoms with Gasteiger partial charge in [-0.1, -0.05) is 36.4 Å². The molecule has 5 nitrogen and oxygen atoms in total. The van der Waals surface area contributed by atoms with Crippen molar-refractivity contribution in [3.05, 3.63) is 83.8 Å². The van der Waals surface area contributed by atoms with Crippen LogP contribution in [0.3, 0.4) is 0 Å². The van der Waals surface area contributed by atoms with Gasteiger partial charge in [-0.15, -0.1) is 0 Å². The number of benzene rings is 2. The normalized spacial score (nSPS) is 10.4. The molecule has 5 heteroatoms. The first-order valence-corrected chi connectivity index (χ1v) is 7.90. The molecule has 0 aliphatic rings. The minimum Gasteiger partial charge on any atom is -0.504 e. The van der Waals surface area contributed by atoms with Gasteiger partial charge in [-0.05, 0) is 29.8 Å². The summed E-state index contributed by atoms with van der Waals surface area (Å²) < 4.78 is 10.5. The van der Waals surface area contributed by atoms with Gasteiger partial charge in [0.2, 0.25) is 0 Å². The fourth-order valence-electron chi connectivity index (χ4n) is 2.62. The van der Waals surface area contributed by atoms with E-state index in [9.17, 15) is 9.90 Å². The average Bonchev–Trinajstić information content (AvgIpc) is 3.15. The maximum Gasteiger partial charge on any atom is 0.258 e. The molecule has 2 aromatic carbocycles. The molecule has 1 amide bonds. The zero-order valence-electron chi connectivity index (χ0n) is 13.9. The van der Waals surface area contributed by atoms with Crippen LogP contribution in [0.25, 0.3) is 0 Å². The van der Waals surface area contributed by atoms with Gasteiger partial charge in [0.15, 0.2) is 11.5 Å². The minimum absolute atomic E-state index is 0.160. The summed E-state index contributed by atoms with van der Waals surface area (Å²) in [6.45, 7) is 0.703. The van der Waals surface area contributed by atoms with Crippen LogP contribution in [0, 0.1) is 0 Å². The number of aromatic hydroxyl groups is 1. The smallest absolute Gasteiger partial charge is 0.258 e. The van der Waals surface area contributed by atoms with Gasteiger partial charge < -0.3 is 19.2 Å². The number of carbonyl (C=O) groups excluding carboxylic acids is 1. The lowest BCUT2D eigenvalue weighted by atomic mass is 10.1. The minimum atomic E-state index is -0.295. The lowest BCUT2D eigenvalue weighted by molar-refractivity contribution is 0.0714. The number of phenols is 1. The lowest BCUT2D eigenvalue weighted by Gasteiger charge is -2.22. The largest absolute Gasteiger partial charge is 0.504 e. The maximum absolute atomic E-state index is 13.0. The number of para-hydroxylation sites is 1. The van der Waals surface area contributed by atoms with Gasteiger partial charge in [0, 0.05) is 6.54 Å². The molecule has 0 saturated heterocycles. The van der Waals surface area contributed by atoms with Crippen molar-refractivity contribution in [3.8, 4) is 11.5 Å². The molecule has 128 valence electrons. The van der Waals surface area contributed by atoms with Crippen molar-refractivity contribution in [2.24, 2.45) is 0 Å². The predicted octanol–water partition coefficient (Wildman–Crippen LogP) is 3.84. The molecule has 1 heterocycles. The van der Waals surface area contributed by atoms with Crippen molar-refractivity contribution in [1.82, 2.24) is 4.90 Å². The Morgan fingerprint density at radius 1 is 1.04 bits per heavy atom. The zero-order valence-corrected chi connectivity index (χ0v) is 13.9. The van der Waals surface area contributed by atoms with E-state index in [-0.39, 0.29) is 23.0 Å². The molecular weight excluding hydrogens is 318 g/mol. The monoisotopic (exact) mass is 337 g/mol. The summed E-state index contributed by atoms with van der Waals surface area (Å²) in [6.07, 6.45) is 1.57. The number of hydrogen-bond donors (Lipinski definition) is 1. The molecule has 1 aromatic heterocycles. The van der Waals surface area contributed by atoms with Crippen LogP contribution in [0.2, 0.25) is 0 Å². The Morgan fingerprint density at radius 2 is 1.84 bits per heavy atom. The lowest BCUT2D eigenvalue weighted by Crippen LogP contribution is -2.30. The summed E-state index contributed by atoms with van der Waals surface area (Å²) in [5.74, 6) is 0.485. The van der Waals surface area contributed by atoms with Crippen LogP contribution in [0.15, 0.2) is 71.3 Å². The highest BCUT2D eigenvalue weighted by Crippen LogP contribution is 2.31. The number of hydrogen-bond acceptors (Lipinski definition) is 4. The third-order valence-corrected chi connectivity index (χ3v) is 3.88. The number of methoxy groups -OCH3 is 1. The molecule has 0 saturated carbocycles. The Balaban J connectivity index is 1.91. The Bertz CT molecular complexity index is 828. The van der Waals surface area contributed by atoms with Gasteiger partial charge >= 0.3 is 0 Å². The van der Waals surface area contributed by atoms with Crippen molar-refractivity contribution >= 4 is 5.91 Å². The molecule has 0 bridgehead atoms. The Labute approximate surface area is 146 Å². The van der Waals surface area contributed by atoms with Crippen LogP contribution in [0.4, 0.5) is 0 Å². The van der Waals surface area contributed by atoms with E-state index in [1.807, 2.05) is 36.4 Å². The number of amides is 1. The summed E-state index contributed by atoms with van der Waals surface area (Å²) in [5.41, 5.74) is 1.19. The van der Waals surface area contributed by atoms with E-state index in [1.165, 1.54) is 7.11 Å². The first-order chi connectivity index (χ1) is 12.2. The van der Waals surface area contributed by atoms with E-state index in [4.69, 9.17) is 9.15 Å². The highest BCUT2D eigenvalue weighted by molar-refractivity contribution is 5.97. The van der Waals surface area contributed by atoms with E-state index in [1.54, 1.807) is 35.4 Å². The first kappa shape index (κ1) is 16.6. The summed E-state index contributed by atoms with van der Waals surface area (Å²) in [5, 5.41) is 10.3. The quantitative estimate of drug-likeness (QED) is 0.742. The predicted molar refractivity (Wildman–Crippen MR) is 93.4 cm³/mol. The number of rotatable bonds is 6. The second-order valence-electron chi connectivity index (χ2n) is 5.58. The van der Waals surface area contributed by atoms with Gasteiger partial charge in [0.05, 0.1) is 25.5 Å². The van der Waals surface area contributed by atoms with Gasteiger partial charge in [-0.3, -0.25) is 4.79 Å². The van der Waals surface area contributed by atoms with Crippen molar-refractivity contribution < 1.29 is 19.1 Å². The Hall–Kier alpha value is -3.21. The molecule has 1 N–H and O–H groups in total. The van der Waals surface area contributed by atoms with Gasteiger partial charge in [-0.2, -0.15) is 0 Å². The molecule has 3 rings (SSSR count). The van der Waals surface area contributed by atoms with Crippen LogP contribution in [0.1, 0.15) is 21.7 Å². The Morgan fingerprint density at radius 3 is 2.52 bits per heavy atom. The SMILES string of the molecule is COc1cccc(C(=O)N(Cc2ccccc2)Cc2ccco2)c1O. The summed E-state index contributed by atoms with van der Waals surface area (Å²) >= 11 is 0. The van der Waals surface area contributed by atoms with E-state index in [2.05, 4.69) is 0 Å². The van der Waals surface area contributed by atoms with Gasteiger partial charge in [0.1, 0.15) is 5.76 Å². The van der Waals surface area contributed by atoms with Crippen LogP contribution in [-0.4, -0.2) is 23.0 Å². The third kappa shape index (κ3) is 3.83. The van der Waals surface area contributed by atoms with E-state index in [0.29, 0.717) is 18.8 Å². The number of ether oxygens (including phenoxy) is 1. The molecule has 0 atom stereocenters. The molecule has 3 aromatic rings. The number of phenolic OH excluding ortho intramolecular Hbond substituents is 1. The molecule has 25 heavy (non-hydrogen) atoms. The highest BCUT2D eigenvalue weighted by atomic mass is 16.5. The fraction of sp³-hybridized carbons (Fsp3) is 0.150. The van der Waals surface area contributed by atoms with E-state index < -0.39 is 0 Å².